The fourth-order valence-electron chi connectivity index (χ4n) is 1.82. The smallest absolute Gasteiger partial charge is 0.259 e. The van der Waals surface area contributed by atoms with Gasteiger partial charge < -0.3 is 16.2 Å². The fourth-order valence-corrected chi connectivity index (χ4v) is 1.82. The van der Waals surface area contributed by atoms with E-state index in [1.807, 2.05) is 12.1 Å². The molecule has 2 aromatic rings. The largest absolute Gasteiger partial charge is 0.507 e. The van der Waals surface area contributed by atoms with Crippen LogP contribution < -0.4 is 11.1 Å². The normalized spacial score (nSPS) is 10.3. The van der Waals surface area contributed by atoms with Crippen LogP contribution in [0.2, 0.25) is 0 Å². The molecule has 0 aliphatic carbocycles. The summed E-state index contributed by atoms with van der Waals surface area (Å²) in [6.45, 7) is 0.565. The second kappa shape index (κ2) is 6.16. The van der Waals surface area contributed by atoms with Gasteiger partial charge in [-0.05, 0) is 42.8 Å². The van der Waals surface area contributed by atoms with Gasteiger partial charge in [-0.3, -0.25) is 4.79 Å². The molecule has 0 fully saturated rings. The van der Waals surface area contributed by atoms with Crippen molar-refractivity contribution in [3.05, 3.63) is 59.4 Å². The van der Waals surface area contributed by atoms with E-state index in [-0.39, 0.29) is 11.3 Å². The molecule has 20 heavy (non-hydrogen) atoms. The second-order valence-corrected chi connectivity index (χ2v) is 4.35. The molecule has 0 unspecified atom stereocenters. The SMILES string of the molecule is NCCc1ccc(NC(=O)c2ccc(F)cc2O)cc1. The van der Waals surface area contributed by atoms with Gasteiger partial charge in [0, 0.05) is 11.8 Å². The molecule has 1 amide bonds. The van der Waals surface area contributed by atoms with Gasteiger partial charge in [0.25, 0.3) is 5.91 Å². The monoisotopic (exact) mass is 274 g/mol. The Bertz CT molecular complexity index is 612. The maximum Gasteiger partial charge on any atom is 0.259 e. The van der Waals surface area contributed by atoms with E-state index < -0.39 is 11.7 Å². The number of nitrogens with two attached hydrogens (primary N) is 1. The quantitative estimate of drug-likeness (QED) is 0.800. The van der Waals surface area contributed by atoms with E-state index in [9.17, 15) is 14.3 Å². The lowest BCUT2D eigenvalue weighted by atomic mass is 10.1. The maximum atomic E-state index is 12.9. The number of amides is 1. The minimum atomic E-state index is -0.592. The van der Waals surface area contributed by atoms with Crippen LogP contribution in [0.5, 0.6) is 5.75 Å². The van der Waals surface area contributed by atoms with Gasteiger partial charge in [-0.1, -0.05) is 12.1 Å². The number of halogens is 1. The standard InChI is InChI=1S/C15H15FN2O2/c16-11-3-6-13(14(19)9-11)15(20)18-12-4-1-10(2-5-12)7-8-17/h1-6,9,19H,7-8,17H2,(H,18,20). The van der Waals surface area contributed by atoms with Crippen LogP contribution in [0.3, 0.4) is 0 Å². The molecule has 2 rings (SSSR count). The molecule has 2 aromatic carbocycles. The Hall–Kier alpha value is -2.40. The number of phenols is 1. The average molecular weight is 274 g/mol. The van der Waals surface area contributed by atoms with Crippen LogP contribution in [0, 0.1) is 5.82 Å². The second-order valence-electron chi connectivity index (χ2n) is 4.35. The number of hydrogen-bond acceptors (Lipinski definition) is 3. The number of aromatic hydroxyl groups is 1. The van der Waals surface area contributed by atoms with Crippen LogP contribution in [0.1, 0.15) is 15.9 Å². The third-order valence-electron chi connectivity index (χ3n) is 2.85. The van der Waals surface area contributed by atoms with Gasteiger partial charge >= 0.3 is 0 Å². The Balaban J connectivity index is 2.11. The summed E-state index contributed by atoms with van der Waals surface area (Å²) in [5.74, 6) is -1.47. The molecule has 0 aromatic heterocycles. The molecule has 0 atom stereocenters. The van der Waals surface area contributed by atoms with Crippen molar-refractivity contribution in [1.29, 1.82) is 0 Å². The molecular weight excluding hydrogens is 259 g/mol. The molecule has 0 radical (unpaired) electrons. The minimum absolute atomic E-state index is 0.0254. The summed E-state index contributed by atoms with van der Waals surface area (Å²) in [5.41, 5.74) is 7.16. The molecular formula is C15H15FN2O2. The fraction of sp³-hybridized carbons (Fsp3) is 0.133. The van der Waals surface area contributed by atoms with Crippen molar-refractivity contribution in [2.75, 3.05) is 11.9 Å². The zero-order valence-corrected chi connectivity index (χ0v) is 10.8. The van der Waals surface area contributed by atoms with Gasteiger partial charge in [-0.15, -0.1) is 0 Å². The van der Waals surface area contributed by atoms with Crippen LogP contribution in [-0.4, -0.2) is 17.6 Å². The lowest BCUT2D eigenvalue weighted by Gasteiger charge is -2.07. The zero-order chi connectivity index (χ0) is 14.5. The molecule has 0 saturated carbocycles. The summed E-state index contributed by atoms with van der Waals surface area (Å²) in [7, 11) is 0. The predicted octanol–water partition coefficient (Wildman–Crippen LogP) is 2.28. The van der Waals surface area contributed by atoms with Gasteiger partial charge in [0.2, 0.25) is 0 Å². The highest BCUT2D eigenvalue weighted by atomic mass is 19.1. The van der Waals surface area contributed by atoms with Crippen molar-refractivity contribution in [3.63, 3.8) is 0 Å². The number of carbonyl (C=O) groups excluding carboxylic acids is 1. The van der Waals surface area contributed by atoms with E-state index in [1.165, 1.54) is 6.07 Å². The molecule has 0 aliphatic rings. The molecule has 4 N–H and O–H groups in total. The van der Waals surface area contributed by atoms with Crippen molar-refractivity contribution >= 4 is 11.6 Å². The number of rotatable bonds is 4. The van der Waals surface area contributed by atoms with E-state index in [2.05, 4.69) is 5.32 Å². The van der Waals surface area contributed by atoms with Crippen LogP contribution in [0.4, 0.5) is 10.1 Å². The highest BCUT2D eigenvalue weighted by Crippen LogP contribution is 2.20. The molecule has 5 heteroatoms. The predicted molar refractivity (Wildman–Crippen MR) is 75.2 cm³/mol. The summed E-state index contributed by atoms with van der Waals surface area (Å²) < 4.78 is 12.9. The van der Waals surface area contributed by atoms with E-state index >= 15 is 0 Å². The first-order valence-electron chi connectivity index (χ1n) is 6.19. The molecule has 104 valence electrons. The highest BCUT2D eigenvalue weighted by Gasteiger charge is 2.11. The van der Waals surface area contributed by atoms with Gasteiger partial charge in [0.05, 0.1) is 5.56 Å². The van der Waals surface area contributed by atoms with Crippen molar-refractivity contribution in [2.45, 2.75) is 6.42 Å². The van der Waals surface area contributed by atoms with E-state index in [1.54, 1.807) is 12.1 Å². The van der Waals surface area contributed by atoms with Gasteiger partial charge in [-0.25, -0.2) is 4.39 Å². The third-order valence-corrected chi connectivity index (χ3v) is 2.85. The van der Waals surface area contributed by atoms with Gasteiger partial charge in [0.15, 0.2) is 0 Å². The lowest BCUT2D eigenvalue weighted by molar-refractivity contribution is 0.102. The summed E-state index contributed by atoms with van der Waals surface area (Å²) in [6.07, 6.45) is 0.771. The van der Waals surface area contributed by atoms with Crippen molar-refractivity contribution in [3.8, 4) is 5.75 Å². The number of phenolic OH excluding ortho intramolecular Hbond substituents is 1. The van der Waals surface area contributed by atoms with Crippen LogP contribution in [0.25, 0.3) is 0 Å². The Morgan fingerprint density at radius 2 is 1.90 bits per heavy atom. The number of anilines is 1. The Morgan fingerprint density at radius 1 is 1.20 bits per heavy atom. The number of benzene rings is 2. The van der Waals surface area contributed by atoms with Crippen molar-refractivity contribution in [1.82, 2.24) is 0 Å². The molecule has 0 saturated heterocycles. The average Bonchev–Trinajstić information content (AvgIpc) is 2.41. The van der Waals surface area contributed by atoms with Crippen LogP contribution in [0.15, 0.2) is 42.5 Å². The topological polar surface area (TPSA) is 75.3 Å². The number of nitrogens with one attached hydrogen (secondary N) is 1. The first kappa shape index (κ1) is 14.0. The molecule has 0 aliphatic heterocycles. The van der Waals surface area contributed by atoms with E-state index in [0.29, 0.717) is 12.2 Å². The summed E-state index contributed by atoms with van der Waals surface area (Å²) >= 11 is 0. The van der Waals surface area contributed by atoms with Gasteiger partial charge in [0.1, 0.15) is 11.6 Å². The Morgan fingerprint density at radius 3 is 2.50 bits per heavy atom. The highest BCUT2D eigenvalue weighted by molar-refractivity contribution is 6.06. The minimum Gasteiger partial charge on any atom is -0.507 e. The molecule has 0 bridgehead atoms. The maximum absolute atomic E-state index is 12.9. The summed E-state index contributed by atoms with van der Waals surface area (Å²) in [4.78, 5) is 11.9. The Labute approximate surface area is 116 Å². The molecule has 4 nitrogen and oxygen atoms in total. The van der Waals surface area contributed by atoms with E-state index in [4.69, 9.17) is 5.73 Å². The summed E-state index contributed by atoms with van der Waals surface area (Å²) in [6, 6.07) is 10.5. The lowest BCUT2D eigenvalue weighted by Crippen LogP contribution is -2.12. The first-order chi connectivity index (χ1) is 9.60. The van der Waals surface area contributed by atoms with E-state index in [0.717, 1.165) is 24.1 Å². The Kier molecular flexibility index (Phi) is 4.32. The molecule has 0 spiro atoms. The first-order valence-corrected chi connectivity index (χ1v) is 6.19. The van der Waals surface area contributed by atoms with Crippen molar-refractivity contribution in [2.24, 2.45) is 5.73 Å². The van der Waals surface area contributed by atoms with Crippen LogP contribution in [-0.2, 0) is 6.42 Å². The third kappa shape index (κ3) is 3.33. The van der Waals surface area contributed by atoms with Crippen molar-refractivity contribution < 1.29 is 14.3 Å². The van der Waals surface area contributed by atoms with Gasteiger partial charge in [-0.2, -0.15) is 0 Å². The number of hydrogen-bond donors (Lipinski definition) is 3. The zero-order valence-electron chi connectivity index (χ0n) is 10.8. The van der Waals surface area contributed by atoms with Crippen LogP contribution >= 0.6 is 0 Å². The number of carbonyl (C=O) groups is 1. The summed E-state index contributed by atoms with van der Waals surface area (Å²) in [5, 5.41) is 12.2. The molecule has 0 heterocycles.